The Hall–Kier alpha value is -0.740. The number of aliphatic hydroxyl groups excluding tert-OH is 1. The van der Waals surface area contributed by atoms with Crippen LogP contribution in [-0.4, -0.2) is 39.2 Å². The van der Waals surface area contributed by atoms with Gasteiger partial charge in [0.05, 0.1) is 12.7 Å². The molecule has 0 spiro atoms. The molecule has 3 unspecified atom stereocenters. The van der Waals surface area contributed by atoms with Gasteiger partial charge < -0.3 is 16.0 Å². The number of carbonyl (C=O) groups excluding carboxylic acids is 1. The van der Waals surface area contributed by atoms with Gasteiger partial charge in [-0.15, -0.1) is 0 Å². The molecule has 0 saturated heterocycles. The molecule has 1 saturated carbocycles. The Morgan fingerprint density at radius 3 is 2.95 bits per heavy atom. The van der Waals surface area contributed by atoms with E-state index in [-0.39, 0.29) is 29.4 Å². The van der Waals surface area contributed by atoms with Crippen LogP contribution in [0.15, 0.2) is 16.5 Å². The van der Waals surface area contributed by atoms with Crippen LogP contribution in [0.25, 0.3) is 0 Å². The van der Waals surface area contributed by atoms with Crippen LogP contribution in [0.1, 0.15) is 26.2 Å². The Morgan fingerprint density at radius 2 is 2.36 bits per heavy atom. The van der Waals surface area contributed by atoms with Gasteiger partial charge >= 0.3 is 5.97 Å². The highest BCUT2D eigenvalue weighted by Gasteiger charge is 2.31. The number of hydrogen-bond donors (Lipinski definition) is 3. The van der Waals surface area contributed by atoms with Crippen molar-refractivity contribution in [1.82, 2.24) is 16.3 Å². The lowest BCUT2D eigenvalue weighted by atomic mass is 9.87. The maximum atomic E-state index is 11.4. The SMILES string of the molecule is C=C(C)C(=O)OCC1CCC(O)C(Sc2n[nH]c(=S)s2)C1.N. The number of H-pyrrole nitrogens is 1. The number of aromatic nitrogens is 2. The zero-order valence-electron chi connectivity index (χ0n) is 12.4. The summed E-state index contributed by atoms with van der Waals surface area (Å²) >= 11 is 7.96. The Balaban J connectivity index is 0.00000242. The van der Waals surface area contributed by atoms with E-state index in [0.29, 0.717) is 22.6 Å². The molecule has 5 N–H and O–H groups in total. The number of aromatic amines is 1. The van der Waals surface area contributed by atoms with E-state index in [1.807, 2.05) is 0 Å². The quantitative estimate of drug-likeness (QED) is 0.419. The Bertz CT molecular complexity index is 572. The minimum atomic E-state index is -0.361. The van der Waals surface area contributed by atoms with Gasteiger partial charge in [0, 0.05) is 10.8 Å². The van der Waals surface area contributed by atoms with E-state index in [1.165, 1.54) is 23.1 Å². The predicted octanol–water partition coefficient (Wildman–Crippen LogP) is 3.10. The van der Waals surface area contributed by atoms with E-state index in [4.69, 9.17) is 17.0 Å². The average molecular weight is 364 g/mol. The first-order chi connectivity index (χ1) is 9.95. The van der Waals surface area contributed by atoms with Crippen LogP contribution >= 0.6 is 35.3 Å². The van der Waals surface area contributed by atoms with Gasteiger partial charge in [-0.3, -0.25) is 5.10 Å². The Labute approximate surface area is 142 Å². The number of carbonyl (C=O) groups is 1. The summed E-state index contributed by atoms with van der Waals surface area (Å²) in [7, 11) is 0. The lowest BCUT2D eigenvalue weighted by Gasteiger charge is -2.31. The van der Waals surface area contributed by atoms with E-state index < -0.39 is 0 Å². The van der Waals surface area contributed by atoms with Gasteiger partial charge in [0.1, 0.15) is 0 Å². The third kappa shape index (κ3) is 5.47. The summed E-state index contributed by atoms with van der Waals surface area (Å²) in [6.07, 6.45) is 2.00. The molecule has 0 aliphatic heterocycles. The van der Waals surface area contributed by atoms with Crippen molar-refractivity contribution >= 4 is 41.3 Å². The maximum absolute atomic E-state index is 11.4. The molecule has 0 bridgehead atoms. The predicted molar refractivity (Wildman–Crippen MR) is 91.1 cm³/mol. The van der Waals surface area contributed by atoms with Crippen molar-refractivity contribution in [2.75, 3.05) is 6.61 Å². The monoisotopic (exact) mass is 363 g/mol. The number of nitrogens with zero attached hydrogens (tertiary/aromatic N) is 1. The molecule has 0 radical (unpaired) electrons. The first-order valence-electron chi connectivity index (χ1n) is 6.68. The third-order valence-electron chi connectivity index (χ3n) is 3.33. The Kier molecular flexibility index (Phi) is 7.70. The van der Waals surface area contributed by atoms with Crippen LogP contribution in [0, 0.1) is 9.87 Å². The molecule has 9 heteroatoms. The number of ether oxygens (including phenoxy) is 1. The molecule has 3 atom stereocenters. The minimum Gasteiger partial charge on any atom is -0.462 e. The largest absolute Gasteiger partial charge is 0.462 e. The van der Waals surface area contributed by atoms with Gasteiger partial charge in [-0.1, -0.05) is 29.7 Å². The average Bonchev–Trinajstić information content (AvgIpc) is 2.84. The smallest absolute Gasteiger partial charge is 0.333 e. The van der Waals surface area contributed by atoms with E-state index in [1.54, 1.807) is 6.92 Å². The number of thioether (sulfide) groups is 1. The van der Waals surface area contributed by atoms with Crippen LogP contribution in [-0.2, 0) is 9.53 Å². The van der Waals surface area contributed by atoms with Gasteiger partial charge in [-0.2, -0.15) is 5.10 Å². The molecule has 0 aromatic carbocycles. The van der Waals surface area contributed by atoms with Crippen LogP contribution in [0.5, 0.6) is 0 Å². The summed E-state index contributed by atoms with van der Waals surface area (Å²) in [5, 5.41) is 17.0. The standard InChI is InChI=1S/C13H18N2O3S3.H3N/c1-7(2)11(17)18-6-8-3-4-9(16)10(5-8)20-13-15-14-12(19)21-13;/h8-10,16H,1,3-6H2,2H3,(H,14,19);1H3. The summed E-state index contributed by atoms with van der Waals surface area (Å²) in [6.45, 7) is 5.58. The van der Waals surface area contributed by atoms with Crippen LogP contribution in [0.3, 0.4) is 0 Å². The molecule has 0 amide bonds. The van der Waals surface area contributed by atoms with Crippen molar-refractivity contribution in [3.63, 3.8) is 0 Å². The third-order valence-corrected chi connectivity index (χ3v) is 5.86. The highest BCUT2D eigenvalue weighted by atomic mass is 32.2. The molecule has 1 fully saturated rings. The topological polar surface area (TPSA) is 110 Å². The van der Waals surface area contributed by atoms with Crippen LogP contribution in [0.4, 0.5) is 0 Å². The molecule has 1 aromatic heterocycles. The molecule has 22 heavy (non-hydrogen) atoms. The molecule has 1 aliphatic rings. The maximum Gasteiger partial charge on any atom is 0.333 e. The van der Waals surface area contributed by atoms with Gasteiger partial charge in [0.2, 0.25) is 0 Å². The zero-order chi connectivity index (χ0) is 15.4. The normalized spacial score (nSPS) is 24.4. The first-order valence-corrected chi connectivity index (χ1v) is 8.79. The number of hydrogen-bond acceptors (Lipinski definition) is 8. The van der Waals surface area contributed by atoms with Crippen molar-refractivity contribution < 1.29 is 14.6 Å². The second kappa shape index (κ2) is 8.78. The summed E-state index contributed by atoms with van der Waals surface area (Å²) < 4.78 is 6.69. The zero-order valence-corrected chi connectivity index (χ0v) is 14.9. The minimum absolute atomic E-state index is 0. The van der Waals surface area contributed by atoms with Crippen LogP contribution in [0.2, 0.25) is 0 Å². The number of esters is 1. The molecule has 1 aliphatic carbocycles. The second-order valence-corrected chi connectivity index (χ2v) is 8.31. The fraction of sp³-hybridized carbons (Fsp3) is 0.615. The van der Waals surface area contributed by atoms with Gasteiger partial charge in [-0.25, -0.2) is 4.79 Å². The number of rotatable bonds is 5. The molecule has 2 rings (SSSR count). The Morgan fingerprint density at radius 1 is 1.64 bits per heavy atom. The highest BCUT2D eigenvalue weighted by Crippen LogP contribution is 2.37. The van der Waals surface area contributed by atoms with Crippen molar-refractivity contribution in [2.45, 2.75) is 41.9 Å². The molecular formula is C13H21N3O3S3. The molecule has 1 aromatic rings. The molecule has 124 valence electrons. The molecule has 6 nitrogen and oxygen atoms in total. The molecular weight excluding hydrogens is 342 g/mol. The number of aliphatic hydroxyl groups is 1. The van der Waals surface area contributed by atoms with Gasteiger partial charge in [0.15, 0.2) is 8.29 Å². The lowest BCUT2D eigenvalue weighted by Crippen LogP contribution is -2.33. The van der Waals surface area contributed by atoms with Crippen LogP contribution < -0.4 is 6.15 Å². The first kappa shape index (κ1) is 19.3. The fourth-order valence-electron chi connectivity index (χ4n) is 2.19. The lowest BCUT2D eigenvalue weighted by molar-refractivity contribution is -0.140. The van der Waals surface area contributed by atoms with E-state index in [9.17, 15) is 9.90 Å². The van der Waals surface area contributed by atoms with Crippen molar-refractivity contribution in [1.29, 1.82) is 0 Å². The second-order valence-electron chi connectivity index (χ2n) is 5.16. The summed E-state index contributed by atoms with van der Waals surface area (Å²) in [5.41, 5.74) is 0.410. The van der Waals surface area contributed by atoms with Crippen molar-refractivity contribution in [3.05, 3.63) is 16.1 Å². The molecule has 1 heterocycles. The summed E-state index contributed by atoms with van der Waals surface area (Å²) in [5.74, 6) is -0.0864. The van der Waals surface area contributed by atoms with Gasteiger partial charge in [0.25, 0.3) is 0 Å². The van der Waals surface area contributed by atoms with Crippen molar-refractivity contribution in [2.24, 2.45) is 5.92 Å². The van der Waals surface area contributed by atoms with Gasteiger partial charge in [-0.05, 0) is 44.3 Å². The van der Waals surface area contributed by atoms with E-state index in [2.05, 4.69) is 16.8 Å². The van der Waals surface area contributed by atoms with E-state index >= 15 is 0 Å². The summed E-state index contributed by atoms with van der Waals surface area (Å²) in [6, 6.07) is 0. The van der Waals surface area contributed by atoms with E-state index in [0.717, 1.165) is 17.2 Å². The fourth-order valence-corrected chi connectivity index (χ4v) is 4.80. The van der Waals surface area contributed by atoms with Crippen molar-refractivity contribution in [3.8, 4) is 0 Å². The number of nitrogens with one attached hydrogen (secondary N) is 1. The highest BCUT2D eigenvalue weighted by molar-refractivity contribution is 8.01. The summed E-state index contributed by atoms with van der Waals surface area (Å²) in [4.78, 5) is 11.4.